The summed E-state index contributed by atoms with van der Waals surface area (Å²) in [6, 6.07) is 9.07. The zero-order valence-electron chi connectivity index (χ0n) is 28.8. The van der Waals surface area contributed by atoms with E-state index < -0.39 is 11.7 Å². The molecule has 0 saturated carbocycles. The Morgan fingerprint density at radius 1 is 0.837 bits per heavy atom. The van der Waals surface area contributed by atoms with E-state index in [1.807, 2.05) is 62.2 Å². The number of H-pyrrole nitrogens is 1. The van der Waals surface area contributed by atoms with Crippen LogP contribution < -0.4 is 16.0 Å². The number of fused-ring (bicyclic) bond motifs is 1. The fourth-order valence-corrected chi connectivity index (χ4v) is 4.53. The Hall–Kier alpha value is -4.57. The third-order valence-corrected chi connectivity index (χ3v) is 6.74. The van der Waals surface area contributed by atoms with Crippen LogP contribution in [0.4, 0.5) is 16.4 Å². The molecule has 0 unspecified atom stereocenters. The molecule has 0 aliphatic rings. The minimum Gasteiger partial charge on any atom is -0.444 e. The molecular formula is C34H48N8O7. The van der Waals surface area contributed by atoms with Gasteiger partial charge in [0.2, 0.25) is 5.95 Å². The molecule has 0 saturated heterocycles. The Labute approximate surface area is 286 Å². The molecule has 15 heteroatoms. The fourth-order valence-electron chi connectivity index (χ4n) is 4.53. The molecule has 0 spiro atoms. The van der Waals surface area contributed by atoms with E-state index >= 15 is 0 Å². The van der Waals surface area contributed by atoms with Gasteiger partial charge in [-0.05, 0) is 57.5 Å². The van der Waals surface area contributed by atoms with Crippen LogP contribution in [0.2, 0.25) is 0 Å². The molecule has 15 nitrogen and oxygen atoms in total. The number of aromatic amines is 1. The highest BCUT2D eigenvalue weighted by molar-refractivity contribution is 5.94. The monoisotopic (exact) mass is 680 g/mol. The first kappa shape index (κ1) is 37.3. The van der Waals surface area contributed by atoms with E-state index in [1.165, 1.54) is 0 Å². The molecule has 4 N–H and O–H groups in total. The highest BCUT2D eigenvalue weighted by Crippen LogP contribution is 2.27. The van der Waals surface area contributed by atoms with Crippen molar-refractivity contribution in [3.8, 4) is 11.3 Å². The average molecular weight is 681 g/mol. The van der Waals surface area contributed by atoms with Crippen molar-refractivity contribution in [1.82, 2.24) is 35.4 Å². The van der Waals surface area contributed by atoms with Gasteiger partial charge in [0, 0.05) is 54.2 Å². The van der Waals surface area contributed by atoms with Gasteiger partial charge in [0.1, 0.15) is 11.2 Å². The lowest BCUT2D eigenvalue weighted by Gasteiger charge is -2.19. The Morgan fingerprint density at radius 2 is 1.47 bits per heavy atom. The Kier molecular flexibility index (Phi) is 14.8. The van der Waals surface area contributed by atoms with Crippen molar-refractivity contribution in [2.45, 2.75) is 46.3 Å². The number of nitrogens with zero attached hydrogens (tertiary/aromatic N) is 4. The third kappa shape index (κ3) is 13.1. The van der Waals surface area contributed by atoms with Crippen molar-refractivity contribution < 1.29 is 33.3 Å². The van der Waals surface area contributed by atoms with Gasteiger partial charge in [-0.1, -0.05) is 6.92 Å². The predicted octanol–water partition coefficient (Wildman–Crippen LogP) is 4.30. The van der Waals surface area contributed by atoms with E-state index in [0.717, 1.165) is 40.9 Å². The molecule has 49 heavy (non-hydrogen) atoms. The van der Waals surface area contributed by atoms with E-state index in [-0.39, 0.29) is 5.91 Å². The number of hydrogen-bond acceptors (Lipinski definition) is 11. The van der Waals surface area contributed by atoms with Crippen molar-refractivity contribution >= 4 is 34.7 Å². The van der Waals surface area contributed by atoms with Gasteiger partial charge in [-0.3, -0.25) is 9.48 Å². The number of hydrogen-bond donors (Lipinski definition) is 4. The van der Waals surface area contributed by atoms with Crippen LogP contribution in [0.1, 0.15) is 44.5 Å². The van der Waals surface area contributed by atoms with Crippen LogP contribution in [0.3, 0.4) is 0 Å². The van der Waals surface area contributed by atoms with Crippen molar-refractivity contribution in [3.05, 3.63) is 54.5 Å². The molecule has 266 valence electrons. The number of aryl methyl sites for hydroxylation is 1. The molecular weight excluding hydrogens is 632 g/mol. The maximum atomic E-state index is 12.6. The zero-order chi connectivity index (χ0) is 34.9. The van der Waals surface area contributed by atoms with Gasteiger partial charge in [0.25, 0.3) is 5.91 Å². The summed E-state index contributed by atoms with van der Waals surface area (Å²) in [5.74, 6) is 0.245. The number of alkyl carbamates (subject to hydrolysis) is 1. The molecule has 1 aromatic carbocycles. The summed E-state index contributed by atoms with van der Waals surface area (Å²) < 4.78 is 28.9. The van der Waals surface area contributed by atoms with Crippen LogP contribution in [-0.2, 0) is 30.2 Å². The van der Waals surface area contributed by atoms with Gasteiger partial charge in [0.05, 0.1) is 64.7 Å². The molecule has 0 aliphatic carbocycles. The number of carbonyl (C=O) groups excluding carboxylic acids is 2. The Balaban J connectivity index is 1.04. The second-order valence-electron chi connectivity index (χ2n) is 12.0. The van der Waals surface area contributed by atoms with E-state index in [9.17, 15) is 9.59 Å². The van der Waals surface area contributed by atoms with Gasteiger partial charge < -0.3 is 44.6 Å². The van der Waals surface area contributed by atoms with Crippen LogP contribution in [0, 0.1) is 0 Å². The smallest absolute Gasteiger partial charge is 0.407 e. The molecule has 2 amide bonds. The van der Waals surface area contributed by atoms with Gasteiger partial charge in [-0.2, -0.15) is 10.1 Å². The van der Waals surface area contributed by atoms with Crippen LogP contribution in [0.5, 0.6) is 0 Å². The summed E-state index contributed by atoms with van der Waals surface area (Å²) in [5.41, 5.74) is 3.18. The van der Waals surface area contributed by atoms with E-state index in [2.05, 4.69) is 37.9 Å². The highest BCUT2D eigenvalue weighted by Gasteiger charge is 2.16. The van der Waals surface area contributed by atoms with Crippen LogP contribution in [0.15, 0.2) is 48.9 Å². The van der Waals surface area contributed by atoms with Crippen molar-refractivity contribution in [3.63, 3.8) is 0 Å². The lowest BCUT2D eigenvalue weighted by atomic mass is 10.2. The first-order valence-corrected chi connectivity index (χ1v) is 16.5. The summed E-state index contributed by atoms with van der Waals surface area (Å²) in [6.45, 7) is 12.4. The standard InChI is InChI=1S/C34H48N8O7/c1-5-14-42-24-26(23-38-42)29-28-10-11-35-30(28)41-32(40-29)39-27-8-6-25(7-9-27)31(43)36-12-15-45-17-19-47-21-22-48-20-18-46-16-13-37-33(44)49-34(2,3)4/h6-11,23-24H,5,12-22H2,1-4H3,(H,36,43)(H,37,44)(H2,35,39,40,41). The summed E-state index contributed by atoms with van der Waals surface area (Å²) in [4.78, 5) is 36.7. The highest BCUT2D eigenvalue weighted by atomic mass is 16.6. The molecule has 4 aromatic rings. The second kappa shape index (κ2) is 19.4. The molecule has 0 radical (unpaired) electrons. The van der Waals surface area contributed by atoms with Gasteiger partial charge >= 0.3 is 6.09 Å². The number of nitrogens with one attached hydrogen (secondary N) is 4. The Bertz CT molecular complexity index is 1580. The number of rotatable bonds is 21. The van der Waals surface area contributed by atoms with Gasteiger partial charge in [0.15, 0.2) is 0 Å². The van der Waals surface area contributed by atoms with E-state index in [4.69, 9.17) is 28.7 Å². The number of aromatic nitrogens is 5. The largest absolute Gasteiger partial charge is 0.444 e. The zero-order valence-corrected chi connectivity index (χ0v) is 28.8. The number of ether oxygens (including phenoxy) is 5. The van der Waals surface area contributed by atoms with Crippen molar-refractivity contribution in [1.29, 1.82) is 0 Å². The maximum absolute atomic E-state index is 12.6. The molecule has 3 heterocycles. The lowest BCUT2D eigenvalue weighted by Crippen LogP contribution is -2.34. The normalized spacial score (nSPS) is 11.5. The average Bonchev–Trinajstić information content (AvgIpc) is 3.74. The number of amides is 2. The summed E-state index contributed by atoms with van der Waals surface area (Å²) in [6.07, 6.45) is 6.18. The quantitative estimate of drug-likeness (QED) is 0.0924. The first-order valence-electron chi connectivity index (χ1n) is 16.5. The van der Waals surface area contributed by atoms with Gasteiger partial charge in [-0.25, -0.2) is 9.78 Å². The molecule has 0 aliphatic heterocycles. The second-order valence-corrected chi connectivity index (χ2v) is 12.0. The van der Waals surface area contributed by atoms with E-state index in [0.29, 0.717) is 77.5 Å². The fraction of sp³-hybridized carbons (Fsp3) is 0.500. The molecule has 0 fully saturated rings. The predicted molar refractivity (Wildman–Crippen MR) is 185 cm³/mol. The first-order chi connectivity index (χ1) is 23.7. The SMILES string of the molecule is CCCn1cc(-c2nc(Nc3ccc(C(=O)NCCOCCOCCOCCOCCNC(=O)OC(C)(C)C)cc3)nc3[nH]ccc23)cn1. The van der Waals surface area contributed by atoms with Crippen LogP contribution >= 0.6 is 0 Å². The summed E-state index contributed by atoms with van der Waals surface area (Å²) >= 11 is 0. The summed E-state index contributed by atoms with van der Waals surface area (Å²) in [7, 11) is 0. The minimum absolute atomic E-state index is 0.192. The summed E-state index contributed by atoms with van der Waals surface area (Å²) in [5, 5.41) is 14.1. The lowest BCUT2D eigenvalue weighted by molar-refractivity contribution is -0.00142. The topological polar surface area (TPSA) is 176 Å². The van der Waals surface area contributed by atoms with Crippen molar-refractivity contribution in [2.75, 3.05) is 71.3 Å². The van der Waals surface area contributed by atoms with Gasteiger partial charge in [-0.15, -0.1) is 0 Å². The third-order valence-electron chi connectivity index (χ3n) is 6.74. The van der Waals surface area contributed by atoms with Crippen LogP contribution in [-0.4, -0.2) is 108 Å². The molecule has 0 bridgehead atoms. The van der Waals surface area contributed by atoms with Crippen molar-refractivity contribution in [2.24, 2.45) is 0 Å². The minimum atomic E-state index is -0.524. The number of carbonyl (C=O) groups is 2. The Morgan fingerprint density at radius 3 is 2.10 bits per heavy atom. The van der Waals surface area contributed by atoms with Crippen LogP contribution in [0.25, 0.3) is 22.3 Å². The molecule has 0 atom stereocenters. The molecule has 4 rings (SSSR count). The molecule has 3 aromatic heterocycles. The van der Waals surface area contributed by atoms with E-state index in [1.54, 1.807) is 12.1 Å². The number of anilines is 2. The maximum Gasteiger partial charge on any atom is 0.407 e. The number of benzene rings is 1.